The average molecular weight is 595 g/mol. The van der Waals surface area contributed by atoms with Crippen molar-refractivity contribution >= 4 is 38.5 Å². The number of rotatable bonds is 10. The third kappa shape index (κ3) is 6.87. The monoisotopic (exact) mass is 594 g/mol. The van der Waals surface area contributed by atoms with E-state index in [1.807, 2.05) is 43.3 Å². The standard InChI is InChI=1S/C31H31ClN2O6S/c1-22-9-14-29-28(16-22)31(36)24(21-40-29)18-33(17-23-6-3-2-4-7-23)30(35)20-34(19-26-8-5-15-39-26)41(37,38)27-12-10-25(32)11-13-27/h2-4,6-7,9-14,16,21,26H,5,8,15,17-20H2,1H3. The van der Waals surface area contributed by atoms with Crippen LogP contribution in [0.25, 0.3) is 11.0 Å². The Labute approximate surface area is 244 Å². The third-order valence-corrected chi connectivity index (χ3v) is 9.20. The summed E-state index contributed by atoms with van der Waals surface area (Å²) in [6, 6.07) is 20.6. The number of amides is 1. The van der Waals surface area contributed by atoms with E-state index in [0.29, 0.717) is 34.6 Å². The molecule has 0 bridgehead atoms. The molecule has 0 saturated carbocycles. The summed E-state index contributed by atoms with van der Waals surface area (Å²) in [5.41, 5.74) is 2.29. The Balaban J connectivity index is 1.47. The summed E-state index contributed by atoms with van der Waals surface area (Å²) < 4.78 is 40.1. The van der Waals surface area contributed by atoms with Gasteiger partial charge < -0.3 is 14.1 Å². The van der Waals surface area contributed by atoms with Gasteiger partial charge in [0.2, 0.25) is 15.9 Å². The van der Waals surface area contributed by atoms with Gasteiger partial charge in [-0.25, -0.2) is 8.42 Å². The zero-order chi connectivity index (χ0) is 29.0. The zero-order valence-corrected chi connectivity index (χ0v) is 24.2. The number of nitrogens with zero attached hydrogens (tertiary/aromatic N) is 2. The van der Waals surface area contributed by atoms with Gasteiger partial charge in [-0.1, -0.05) is 53.6 Å². The van der Waals surface area contributed by atoms with Gasteiger partial charge in [-0.2, -0.15) is 4.31 Å². The van der Waals surface area contributed by atoms with Crippen LogP contribution in [0.3, 0.4) is 0 Å². The van der Waals surface area contributed by atoms with Gasteiger partial charge in [0.05, 0.1) is 41.3 Å². The fourth-order valence-corrected chi connectivity index (χ4v) is 6.45. The van der Waals surface area contributed by atoms with Gasteiger partial charge in [0.25, 0.3) is 0 Å². The Hall–Kier alpha value is -3.50. The van der Waals surface area contributed by atoms with Crippen molar-refractivity contribution in [3.8, 4) is 0 Å². The highest BCUT2D eigenvalue weighted by Crippen LogP contribution is 2.23. The minimum absolute atomic E-state index is 0.0350. The number of sulfonamides is 1. The molecule has 3 aromatic carbocycles. The Bertz CT molecular complexity index is 1680. The number of fused-ring (bicyclic) bond motifs is 1. The van der Waals surface area contributed by atoms with Gasteiger partial charge in [-0.05, 0) is 61.7 Å². The van der Waals surface area contributed by atoms with Gasteiger partial charge in [0.1, 0.15) is 5.58 Å². The summed E-state index contributed by atoms with van der Waals surface area (Å²) >= 11 is 5.99. The van der Waals surface area contributed by atoms with Crippen molar-refractivity contribution in [3.05, 3.63) is 111 Å². The highest BCUT2D eigenvalue weighted by Gasteiger charge is 2.32. The van der Waals surface area contributed by atoms with Crippen LogP contribution in [0.2, 0.25) is 5.02 Å². The van der Waals surface area contributed by atoms with Crippen molar-refractivity contribution in [2.45, 2.75) is 43.9 Å². The summed E-state index contributed by atoms with van der Waals surface area (Å²) in [5.74, 6) is -0.451. The summed E-state index contributed by atoms with van der Waals surface area (Å²) in [6.07, 6.45) is 2.58. The molecule has 214 valence electrons. The van der Waals surface area contributed by atoms with Crippen molar-refractivity contribution in [2.24, 2.45) is 0 Å². The molecule has 41 heavy (non-hydrogen) atoms. The second kappa shape index (κ2) is 12.6. The molecule has 1 aliphatic rings. The summed E-state index contributed by atoms with van der Waals surface area (Å²) in [7, 11) is -4.05. The molecule has 5 rings (SSSR count). The van der Waals surface area contributed by atoms with Crippen molar-refractivity contribution < 1.29 is 22.4 Å². The Morgan fingerprint density at radius 2 is 1.78 bits per heavy atom. The molecule has 1 amide bonds. The van der Waals surface area contributed by atoms with E-state index in [-0.39, 0.29) is 36.1 Å². The molecule has 0 aliphatic carbocycles. The van der Waals surface area contributed by atoms with Crippen molar-refractivity contribution in [3.63, 3.8) is 0 Å². The lowest BCUT2D eigenvalue weighted by molar-refractivity contribution is -0.132. The van der Waals surface area contributed by atoms with Gasteiger partial charge in [-0.15, -0.1) is 0 Å². The highest BCUT2D eigenvalue weighted by atomic mass is 35.5. The molecule has 2 heterocycles. The van der Waals surface area contributed by atoms with Crippen LogP contribution in [-0.2, 0) is 32.6 Å². The number of aryl methyl sites for hydroxylation is 1. The first-order valence-electron chi connectivity index (χ1n) is 13.4. The minimum atomic E-state index is -4.05. The smallest absolute Gasteiger partial charge is 0.243 e. The van der Waals surface area contributed by atoms with E-state index in [9.17, 15) is 18.0 Å². The van der Waals surface area contributed by atoms with Crippen molar-refractivity contribution in [2.75, 3.05) is 19.7 Å². The molecule has 10 heteroatoms. The topological polar surface area (TPSA) is 97.1 Å². The maximum absolute atomic E-state index is 13.9. The van der Waals surface area contributed by atoms with Gasteiger partial charge in [0.15, 0.2) is 5.43 Å². The number of benzene rings is 3. The molecule has 8 nitrogen and oxygen atoms in total. The third-order valence-electron chi connectivity index (χ3n) is 7.12. The number of hydrogen-bond donors (Lipinski definition) is 0. The predicted molar refractivity (Wildman–Crippen MR) is 157 cm³/mol. The van der Waals surface area contributed by atoms with Gasteiger partial charge in [-0.3, -0.25) is 9.59 Å². The Morgan fingerprint density at radius 3 is 2.49 bits per heavy atom. The van der Waals surface area contributed by atoms with E-state index < -0.39 is 22.5 Å². The second-order valence-electron chi connectivity index (χ2n) is 10.2. The number of carbonyl (C=O) groups is 1. The maximum atomic E-state index is 13.9. The molecule has 0 spiro atoms. The normalized spacial score (nSPS) is 15.4. The quantitative estimate of drug-likeness (QED) is 0.252. The van der Waals surface area contributed by atoms with Crippen LogP contribution >= 0.6 is 11.6 Å². The van der Waals surface area contributed by atoms with E-state index >= 15 is 0 Å². The van der Waals surface area contributed by atoms with Crippen LogP contribution in [0.4, 0.5) is 0 Å². The lowest BCUT2D eigenvalue weighted by atomic mass is 10.1. The average Bonchev–Trinajstić information content (AvgIpc) is 3.48. The van der Waals surface area contributed by atoms with Crippen molar-refractivity contribution in [1.82, 2.24) is 9.21 Å². The number of halogens is 1. The molecule has 1 atom stereocenters. The van der Waals surface area contributed by atoms with Crippen molar-refractivity contribution in [1.29, 1.82) is 0 Å². The molecule has 1 saturated heterocycles. The lowest BCUT2D eigenvalue weighted by Crippen LogP contribution is -2.45. The van der Waals surface area contributed by atoms with E-state index in [0.717, 1.165) is 17.5 Å². The molecule has 4 aromatic rings. The molecule has 0 radical (unpaired) electrons. The molecule has 1 aromatic heterocycles. The first-order valence-corrected chi connectivity index (χ1v) is 15.2. The number of ether oxygens (including phenoxy) is 1. The molecule has 1 unspecified atom stereocenters. The molecular formula is C31H31ClN2O6S. The molecular weight excluding hydrogens is 564 g/mol. The largest absolute Gasteiger partial charge is 0.464 e. The maximum Gasteiger partial charge on any atom is 0.243 e. The van der Waals surface area contributed by atoms with E-state index in [2.05, 4.69) is 0 Å². The first kappa shape index (κ1) is 29.0. The fourth-order valence-electron chi connectivity index (χ4n) is 4.91. The van der Waals surface area contributed by atoms with E-state index in [4.69, 9.17) is 20.8 Å². The predicted octanol–water partition coefficient (Wildman–Crippen LogP) is 5.15. The summed E-state index contributed by atoms with van der Waals surface area (Å²) in [5, 5.41) is 0.837. The Kier molecular flexibility index (Phi) is 8.89. The summed E-state index contributed by atoms with van der Waals surface area (Å²) in [6.45, 7) is 2.18. The van der Waals surface area contributed by atoms with Crippen LogP contribution in [0, 0.1) is 6.92 Å². The Morgan fingerprint density at radius 1 is 1.02 bits per heavy atom. The van der Waals surface area contributed by atoms with E-state index in [1.165, 1.54) is 39.7 Å². The molecule has 0 N–H and O–H groups in total. The minimum Gasteiger partial charge on any atom is -0.464 e. The zero-order valence-electron chi connectivity index (χ0n) is 22.7. The lowest BCUT2D eigenvalue weighted by Gasteiger charge is -2.28. The SMILES string of the molecule is Cc1ccc2occ(CN(Cc3ccccc3)C(=O)CN(CC3CCCO3)S(=O)(=O)c3ccc(Cl)cc3)c(=O)c2c1. The molecule has 1 fully saturated rings. The van der Waals surface area contributed by atoms with Crippen LogP contribution in [-0.4, -0.2) is 49.3 Å². The number of carbonyl (C=O) groups excluding carboxylic acids is 1. The fraction of sp³-hybridized carbons (Fsp3) is 0.290. The van der Waals surface area contributed by atoms with Gasteiger partial charge in [0, 0.05) is 24.7 Å². The molecule has 1 aliphatic heterocycles. The second-order valence-corrected chi connectivity index (χ2v) is 12.6. The van der Waals surface area contributed by atoms with Gasteiger partial charge >= 0.3 is 0 Å². The highest BCUT2D eigenvalue weighted by molar-refractivity contribution is 7.89. The number of hydrogen-bond acceptors (Lipinski definition) is 6. The van der Waals surface area contributed by atoms with Crippen LogP contribution in [0.15, 0.2) is 93.2 Å². The van der Waals surface area contributed by atoms with E-state index in [1.54, 1.807) is 12.1 Å². The van der Waals surface area contributed by atoms with Crippen LogP contribution < -0.4 is 5.43 Å². The summed E-state index contributed by atoms with van der Waals surface area (Å²) in [4.78, 5) is 28.8. The van der Waals surface area contributed by atoms with Crippen LogP contribution in [0.5, 0.6) is 0 Å². The first-order chi connectivity index (χ1) is 19.7. The van der Waals surface area contributed by atoms with Crippen LogP contribution in [0.1, 0.15) is 29.5 Å².